The number of aromatic nitrogens is 3. The molecule has 2 aromatic carbocycles. The highest BCUT2D eigenvalue weighted by Crippen LogP contribution is 2.28. The van der Waals surface area contributed by atoms with Crippen molar-refractivity contribution in [2.45, 2.75) is 6.92 Å². The van der Waals surface area contributed by atoms with Gasteiger partial charge in [0.2, 0.25) is 0 Å². The fourth-order valence-corrected chi connectivity index (χ4v) is 2.32. The highest BCUT2D eigenvalue weighted by Gasteiger charge is 2.19. The first kappa shape index (κ1) is 14.2. The zero-order valence-corrected chi connectivity index (χ0v) is 12.3. The van der Waals surface area contributed by atoms with Crippen LogP contribution in [-0.2, 0) is 0 Å². The van der Waals surface area contributed by atoms with Gasteiger partial charge in [0.1, 0.15) is 17.6 Å². The second-order valence-corrected chi connectivity index (χ2v) is 5.13. The molecule has 0 aliphatic carbocycles. The maximum atomic E-state index is 14.1. The minimum atomic E-state index is -0.444. The molecule has 0 saturated carbocycles. The van der Waals surface area contributed by atoms with Crippen LogP contribution in [0.1, 0.15) is 11.3 Å². The van der Waals surface area contributed by atoms with E-state index in [4.69, 9.17) is 11.6 Å². The molecule has 0 spiro atoms. The molecule has 0 N–H and O–H groups in total. The van der Waals surface area contributed by atoms with E-state index in [0.717, 1.165) is 5.56 Å². The molecule has 1 heterocycles. The van der Waals surface area contributed by atoms with Crippen molar-refractivity contribution in [2.24, 2.45) is 0 Å². The number of benzene rings is 2. The molecule has 0 atom stereocenters. The fourth-order valence-electron chi connectivity index (χ4n) is 2.15. The number of nitriles is 1. The first-order chi connectivity index (χ1) is 10.6. The molecule has 0 bridgehead atoms. The van der Waals surface area contributed by atoms with Crippen LogP contribution < -0.4 is 0 Å². The molecule has 0 aliphatic heterocycles. The van der Waals surface area contributed by atoms with E-state index >= 15 is 0 Å². The summed E-state index contributed by atoms with van der Waals surface area (Å²) in [7, 11) is 0. The van der Waals surface area contributed by atoms with Gasteiger partial charge in [-0.05, 0) is 36.8 Å². The molecule has 3 aromatic rings. The molecule has 108 valence electrons. The molecule has 4 nitrogen and oxygen atoms in total. The number of hydrogen-bond acceptors (Lipinski definition) is 3. The summed E-state index contributed by atoms with van der Waals surface area (Å²) in [6.45, 7) is 1.88. The van der Waals surface area contributed by atoms with Gasteiger partial charge in [0.05, 0.1) is 5.69 Å². The van der Waals surface area contributed by atoms with Crippen LogP contribution in [0.2, 0.25) is 5.02 Å². The molecule has 22 heavy (non-hydrogen) atoms. The van der Waals surface area contributed by atoms with Crippen LogP contribution in [0.4, 0.5) is 4.39 Å². The molecule has 0 fully saturated rings. The van der Waals surface area contributed by atoms with Crippen molar-refractivity contribution in [3.63, 3.8) is 0 Å². The van der Waals surface area contributed by atoms with Gasteiger partial charge in [-0.25, -0.2) is 9.07 Å². The summed E-state index contributed by atoms with van der Waals surface area (Å²) in [4.78, 5) is 0. The van der Waals surface area contributed by atoms with E-state index in [0.29, 0.717) is 16.4 Å². The Morgan fingerprint density at radius 3 is 2.68 bits per heavy atom. The summed E-state index contributed by atoms with van der Waals surface area (Å²) in [5.74, 6) is -0.444. The lowest BCUT2D eigenvalue weighted by molar-refractivity contribution is 0.629. The minimum Gasteiger partial charge on any atom is -0.211 e. The second kappa shape index (κ2) is 5.58. The number of nitrogens with zero attached hydrogens (tertiary/aromatic N) is 4. The van der Waals surface area contributed by atoms with Gasteiger partial charge >= 0.3 is 0 Å². The molecular weight excluding hydrogens is 303 g/mol. The third-order valence-electron chi connectivity index (χ3n) is 3.31. The lowest BCUT2D eigenvalue weighted by atomic mass is 10.1. The lowest BCUT2D eigenvalue weighted by Gasteiger charge is -2.09. The van der Waals surface area contributed by atoms with E-state index in [1.54, 1.807) is 30.3 Å². The van der Waals surface area contributed by atoms with Gasteiger partial charge in [0, 0.05) is 10.6 Å². The van der Waals surface area contributed by atoms with Gasteiger partial charge in [-0.3, -0.25) is 0 Å². The largest absolute Gasteiger partial charge is 0.211 e. The van der Waals surface area contributed by atoms with Crippen LogP contribution in [0.15, 0.2) is 42.5 Å². The Balaban J connectivity index is 2.27. The molecule has 0 radical (unpaired) electrons. The van der Waals surface area contributed by atoms with Crippen molar-refractivity contribution in [1.29, 1.82) is 5.26 Å². The van der Waals surface area contributed by atoms with E-state index in [-0.39, 0.29) is 11.3 Å². The molecule has 0 unspecified atom stereocenters. The normalized spacial score (nSPS) is 10.5. The Morgan fingerprint density at radius 1 is 1.23 bits per heavy atom. The lowest BCUT2D eigenvalue weighted by Crippen LogP contribution is -2.01. The summed E-state index contributed by atoms with van der Waals surface area (Å²) < 4.78 is 15.5. The molecule has 0 amide bonds. The van der Waals surface area contributed by atoms with Crippen LogP contribution in [0, 0.1) is 24.1 Å². The third kappa shape index (κ3) is 2.34. The Morgan fingerprint density at radius 2 is 2.00 bits per heavy atom. The summed E-state index contributed by atoms with van der Waals surface area (Å²) in [5.41, 5.74) is 2.16. The van der Waals surface area contributed by atoms with Gasteiger partial charge in [-0.2, -0.15) is 5.26 Å². The second-order valence-electron chi connectivity index (χ2n) is 4.72. The Bertz CT molecular complexity index is 895. The Hall–Kier alpha value is -2.71. The van der Waals surface area contributed by atoms with E-state index in [2.05, 4.69) is 10.3 Å². The Labute approximate surface area is 131 Å². The maximum absolute atomic E-state index is 14.1. The SMILES string of the molecule is Cc1ccc(-n2nnc(C#N)c2-c2ccccc2F)cc1Cl. The van der Waals surface area contributed by atoms with E-state index in [1.807, 2.05) is 19.1 Å². The first-order valence-electron chi connectivity index (χ1n) is 6.49. The molecule has 0 aliphatic rings. The highest BCUT2D eigenvalue weighted by molar-refractivity contribution is 6.31. The van der Waals surface area contributed by atoms with E-state index < -0.39 is 5.82 Å². The van der Waals surface area contributed by atoms with Crippen LogP contribution >= 0.6 is 11.6 Å². The standard InChI is InChI=1S/C16H10ClFN4/c1-10-6-7-11(8-13(10)17)22-16(15(9-19)20-21-22)12-4-2-3-5-14(12)18/h2-8H,1H3. The number of halogens is 2. The fraction of sp³-hybridized carbons (Fsp3) is 0.0625. The van der Waals surface area contributed by atoms with Crippen LogP contribution in [0.5, 0.6) is 0 Å². The summed E-state index contributed by atoms with van der Waals surface area (Å²) in [6.07, 6.45) is 0. The van der Waals surface area contributed by atoms with Crippen LogP contribution in [-0.4, -0.2) is 15.0 Å². The monoisotopic (exact) mass is 312 g/mol. The summed E-state index contributed by atoms with van der Waals surface area (Å²) in [6, 6.07) is 13.5. The van der Waals surface area contributed by atoms with Crippen molar-refractivity contribution in [3.05, 3.63) is 64.6 Å². The van der Waals surface area contributed by atoms with Gasteiger partial charge < -0.3 is 0 Å². The number of hydrogen-bond donors (Lipinski definition) is 0. The van der Waals surface area contributed by atoms with E-state index in [1.165, 1.54) is 10.7 Å². The molecule has 0 saturated heterocycles. The molecular formula is C16H10ClFN4. The third-order valence-corrected chi connectivity index (χ3v) is 3.71. The van der Waals surface area contributed by atoms with Crippen molar-refractivity contribution in [2.75, 3.05) is 0 Å². The van der Waals surface area contributed by atoms with Crippen molar-refractivity contribution in [3.8, 4) is 23.0 Å². The number of aryl methyl sites for hydroxylation is 1. The smallest absolute Gasteiger partial charge is 0.191 e. The van der Waals surface area contributed by atoms with Gasteiger partial charge in [-0.1, -0.05) is 35.0 Å². The maximum Gasteiger partial charge on any atom is 0.191 e. The Kier molecular flexibility index (Phi) is 3.61. The average molecular weight is 313 g/mol. The predicted octanol–water partition coefficient (Wildman–Crippen LogP) is 3.91. The number of rotatable bonds is 2. The van der Waals surface area contributed by atoms with Crippen molar-refractivity contribution in [1.82, 2.24) is 15.0 Å². The summed E-state index contributed by atoms with van der Waals surface area (Å²) in [5, 5.41) is 17.6. The van der Waals surface area contributed by atoms with Gasteiger partial charge in [-0.15, -0.1) is 5.10 Å². The minimum absolute atomic E-state index is 0.0572. The van der Waals surface area contributed by atoms with Crippen LogP contribution in [0.25, 0.3) is 16.9 Å². The molecule has 3 rings (SSSR count). The zero-order chi connectivity index (χ0) is 15.7. The van der Waals surface area contributed by atoms with Gasteiger partial charge in [0.15, 0.2) is 5.69 Å². The van der Waals surface area contributed by atoms with E-state index in [9.17, 15) is 9.65 Å². The zero-order valence-electron chi connectivity index (χ0n) is 11.6. The first-order valence-corrected chi connectivity index (χ1v) is 6.87. The van der Waals surface area contributed by atoms with Crippen molar-refractivity contribution < 1.29 is 4.39 Å². The molecule has 1 aromatic heterocycles. The summed E-state index contributed by atoms with van der Waals surface area (Å²) >= 11 is 6.13. The van der Waals surface area contributed by atoms with Crippen LogP contribution in [0.3, 0.4) is 0 Å². The van der Waals surface area contributed by atoms with Gasteiger partial charge in [0.25, 0.3) is 0 Å². The predicted molar refractivity (Wildman–Crippen MR) is 81.2 cm³/mol. The quantitative estimate of drug-likeness (QED) is 0.721. The average Bonchev–Trinajstić information content (AvgIpc) is 2.94. The topological polar surface area (TPSA) is 54.5 Å². The van der Waals surface area contributed by atoms with Crippen molar-refractivity contribution >= 4 is 11.6 Å². The molecule has 6 heteroatoms. The highest BCUT2D eigenvalue weighted by atomic mass is 35.5.